The molecule has 0 aromatic carbocycles. The number of rotatable bonds is 3. The van der Waals surface area contributed by atoms with Gasteiger partial charge in [0.15, 0.2) is 5.82 Å². The quantitative estimate of drug-likeness (QED) is 0.778. The number of aryl methyl sites for hydroxylation is 1. The van der Waals surface area contributed by atoms with Crippen LogP contribution < -0.4 is 11.1 Å². The number of fused-ring (bicyclic) bond motifs is 1. The normalized spacial score (nSPS) is 12.6. The third-order valence-corrected chi connectivity index (χ3v) is 2.29. The summed E-state index contributed by atoms with van der Waals surface area (Å²) in [6, 6.07) is 1.43. The molecule has 0 aliphatic heterocycles. The lowest BCUT2D eigenvalue weighted by Crippen LogP contribution is -2.32. The summed E-state index contributed by atoms with van der Waals surface area (Å²) in [6.07, 6.45) is 3.37. The smallest absolute Gasteiger partial charge is 0.239 e. The fourth-order valence-electron chi connectivity index (χ4n) is 1.43. The zero-order valence-corrected chi connectivity index (χ0v) is 9.14. The maximum atomic E-state index is 11.0. The first-order chi connectivity index (χ1) is 7.58. The van der Waals surface area contributed by atoms with E-state index < -0.39 is 11.9 Å². The van der Waals surface area contributed by atoms with Crippen molar-refractivity contribution in [3.05, 3.63) is 24.2 Å². The topological polar surface area (TPSA) is 85.3 Å². The molecule has 0 fully saturated rings. The molecule has 2 rings (SSSR count). The summed E-state index contributed by atoms with van der Waals surface area (Å²) in [5.41, 5.74) is 6.90. The summed E-state index contributed by atoms with van der Waals surface area (Å²) in [5, 5.41) is 7.20. The van der Waals surface area contributed by atoms with Gasteiger partial charge in [-0.05, 0) is 19.9 Å². The Labute approximate surface area is 92.5 Å². The average molecular weight is 219 g/mol. The van der Waals surface area contributed by atoms with Gasteiger partial charge in [-0.1, -0.05) is 0 Å². The van der Waals surface area contributed by atoms with Gasteiger partial charge in [0.05, 0.1) is 5.69 Å². The Morgan fingerprint density at radius 3 is 3.06 bits per heavy atom. The number of nitrogens with one attached hydrogen (secondary N) is 1. The number of hydrogen-bond donors (Lipinski definition) is 2. The number of amides is 1. The minimum atomic E-state index is -0.464. The van der Waals surface area contributed by atoms with Crippen LogP contribution in [0.1, 0.15) is 12.6 Å². The number of primary amides is 1. The number of nitrogens with two attached hydrogens (primary N) is 1. The predicted octanol–water partition coefficient (Wildman–Crippen LogP) is 0.323. The lowest BCUT2D eigenvalue weighted by Gasteiger charge is -2.11. The highest BCUT2D eigenvalue weighted by Gasteiger charge is 2.11. The zero-order chi connectivity index (χ0) is 11.7. The Morgan fingerprint density at radius 1 is 1.62 bits per heavy atom. The van der Waals surface area contributed by atoms with Crippen molar-refractivity contribution in [2.75, 3.05) is 5.32 Å². The predicted molar refractivity (Wildman–Crippen MR) is 60.0 cm³/mol. The van der Waals surface area contributed by atoms with Crippen molar-refractivity contribution in [1.29, 1.82) is 0 Å². The van der Waals surface area contributed by atoms with Crippen LogP contribution in [0, 0.1) is 6.92 Å². The molecule has 0 saturated carbocycles. The van der Waals surface area contributed by atoms with Crippen LogP contribution >= 0.6 is 0 Å². The van der Waals surface area contributed by atoms with Crippen molar-refractivity contribution < 1.29 is 4.79 Å². The van der Waals surface area contributed by atoms with Gasteiger partial charge in [-0.2, -0.15) is 5.10 Å². The largest absolute Gasteiger partial charge is 0.368 e. The average Bonchev–Trinajstić information content (AvgIpc) is 2.59. The molecule has 0 aliphatic rings. The van der Waals surface area contributed by atoms with E-state index in [0.717, 1.165) is 11.2 Å². The summed E-state index contributed by atoms with van der Waals surface area (Å²) < 4.78 is 1.71. The first kappa shape index (κ1) is 10.4. The van der Waals surface area contributed by atoms with Gasteiger partial charge in [0, 0.05) is 12.4 Å². The third kappa shape index (κ3) is 1.81. The molecule has 16 heavy (non-hydrogen) atoms. The number of carbonyl (C=O) groups is 1. The third-order valence-electron chi connectivity index (χ3n) is 2.29. The van der Waals surface area contributed by atoms with E-state index in [0.29, 0.717) is 5.82 Å². The summed E-state index contributed by atoms with van der Waals surface area (Å²) in [6.45, 7) is 3.59. The van der Waals surface area contributed by atoms with Crippen molar-refractivity contribution in [1.82, 2.24) is 14.6 Å². The van der Waals surface area contributed by atoms with Gasteiger partial charge in [-0.25, -0.2) is 9.50 Å². The first-order valence-corrected chi connectivity index (χ1v) is 4.95. The summed E-state index contributed by atoms with van der Waals surface area (Å²) in [7, 11) is 0. The molecular weight excluding hydrogens is 206 g/mol. The molecule has 6 heteroatoms. The van der Waals surface area contributed by atoms with Gasteiger partial charge in [-0.3, -0.25) is 4.79 Å². The molecule has 0 saturated heterocycles. The molecule has 0 spiro atoms. The standard InChI is InChI=1S/C10H13N5O/c1-6-5-8-10(13-7(2)9(11)16)12-3-4-15(8)14-6/h3-5,7H,1-2H3,(H2,11,16)(H,12,13). The van der Waals surface area contributed by atoms with Gasteiger partial charge in [-0.15, -0.1) is 0 Å². The van der Waals surface area contributed by atoms with Crippen molar-refractivity contribution >= 4 is 17.2 Å². The van der Waals surface area contributed by atoms with E-state index in [-0.39, 0.29) is 0 Å². The highest BCUT2D eigenvalue weighted by molar-refractivity contribution is 5.83. The highest BCUT2D eigenvalue weighted by atomic mass is 16.1. The second kappa shape index (κ2) is 3.80. The lowest BCUT2D eigenvalue weighted by atomic mass is 10.3. The van der Waals surface area contributed by atoms with Crippen LogP contribution in [-0.4, -0.2) is 26.5 Å². The van der Waals surface area contributed by atoms with E-state index in [9.17, 15) is 4.79 Å². The molecule has 2 aromatic heterocycles. The van der Waals surface area contributed by atoms with Gasteiger partial charge < -0.3 is 11.1 Å². The van der Waals surface area contributed by atoms with Gasteiger partial charge in [0.2, 0.25) is 5.91 Å². The van der Waals surface area contributed by atoms with E-state index in [4.69, 9.17) is 5.73 Å². The van der Waals surface area contributed by atoms with Gasteiger partial charge >= 0.3 is 0 Å². The Bertz CT molecular complexity index is 533. The van der Waals surface area contributed by atoms with E-state index in [1.807, 2.05) is 13.0 Å². The van der Waals surface area contributed by atoms with E-state index >= 15 is 0 Å². The molecule has 2 aromatic rings. The highest BCUT2D eigenvalue weighted by Crippen LogP contribution is 2.15. The van der Waals surface area contributed by atoms with Gasteiger partial charge in [0.1, 0.15) is 11.6 Å². The summed E-state index contributed by atoms with van der Waals surface area (Å²) >= 11 is 0. The van der Waals surface area contributed by atoms with E-state index in [1.54, 1.807) is 23.8 Å². The van der Waals surface area contributed by atoms with Crippen LogP contribution in [0.5, 0.6) is 0 Å². The molecule has 3 N–H and O–H groups in total. The number of carbonyl (C=O) groups excluding carboxylic acids is 1. The molecule has 0 aliphatic carbocycles. The molecule has 0 radical (unpaired) electrons. The Kier molecular flexibility index (Phi) is 2.47. The molecule has 1 amide bonds. The minimum Gasteiger partial charge on any atom is -0.368 e. The maximum Gasteiger partial charge on any atom is 0.239 e. The second-order valence-corrected chi connectivity index (χ2v) is 3.66. The molecule has 0 bridgehead atoms. The SMILES string of the molecule is Cc1cc2c(NC(C)C(N)=O)nccn2n1. The van der Waals surface area contributed by atoms with Crippen molar-refractivity contribution in [3.63, 3.8) is 0 Å². The van der Waals surface area contributed by atoms with Crippen molar-refractivity contribution in [3.8, 4) is 0 Å². The molecule has 2 heterocycles. The van der Waals surface area contributed by atoms with Crippen LogP contribution in [0.3, 0.4) is 0 Å². The number of anilines is 1. The number of hydrogen-bond acceptors (Lipinski definition) is 4. The summed E-state index contributed by atoms with van der Waals surface area (Å²) in [5.74, 6) is 0.189. The summed E-state index contributed by atoms with van der Waals surface area (Å²) in [4.78, 5) is 15.1. The fraction of sp³-hybridized carbons (Fsp3) is 0.300. The van der Waals surface area contributed by atoms with Crippen molar-refractivity contribution in [2.24, 2.45) is 5.73 Å². The number of nitrogens with zero attached hydrogens (tertiary/aromatic N) is 3. The van der Waals surface area contributed by atoms with Crippen molar-refractivity contribution in [2.45, 2.75) is 19.9 Å². The van der Waals surface area contributed by atoms with Crippen LogP contribution in [0.15, 0.2) is 18.5 Å². The van der Waals surface area contributed by atoms with Crippen LogP contribution in [-0.2, 0) is 4.79 Å². The van der Waals surface area contributed by atoms with E-state index in [2.05, 4.69) is 15.4 Å². The van der Waals surface area contributed by atoms with Gasteiger partial charge in [0.25, 0.3) is 0 Å². The van der Waals surface area contributed by atoms with Crippen LogP contribution in [0.25, 0.3) is 5.52 Å². The molecule has 6 nitrogen and oxygen atoms in total. The zero-order valence-electron chi connectivity index (χ0n) is 9.14. The Morgan fingerprint density at radius 2 is 2.38 bits per heavy atom. The number of aromatic nitrogens is 3. The Balaban J connectivity index is 2.40. The fourth-order valence-corrected chi connectivity index (χ4v) is 1.43. The Hall–Kier alpha value is -2.11. The second-order valence-electron chi connectivity index (χ2n) is 3.66. The van der Waals surface area contributed by atoms with E-state index in [1.165, 1.54) is 0 Å². The van der Waals surface area contributed by atoms with Crippen LogP contribution in [0.4, 0.5) is 5.82 Å². The molecule has 1 unspecified atom stereocenters. The lowest BCUT2D eigenvalue weighted by molar-refractivity contribution is -0.118. The first-order valence-electron chi connectivity index (χ1n) is 4.95. The van der Waals surface area contributed by atoms with Crippen LogP contribution in [0.2, 0.25) is 0 Å². The minimum absolute atomic E-state index is 0.417. The molecule has 84 valence electrons. The monoisotopic (exact) mass is 219 g/mol. The molecule has 1 atom stereocenters. The molecular formula is C10H13N5O. The maximum absolute atomic E-state index is 11.0.